The topological polar surface area (TPSA) is 87.2 Å². The molecule has 2 rings (SSSR count). The second kappa shape index (κ2) is 13.0. The fourth-order valence-electron chi connectivity index (χ4n) is 3.76. The van der Waals surface area contributed by atoms with Gasteiger partial charge in [-0.15, -0.1) is 0 Å². The van der Waals surface area contributed by atoms with E-state index in [0.29, 0.717) is 6.42 Å². The van der Waals surface area contributed by atoms with Crippen LogP contribution in [0.5, 0.6) is 0 Å². The highest BCUT2D eigenvalue weighted by Gasteiger charge is 2.31. The molecule has 0 radical (unpaired) electrons. The van der Waals surface area contributed by atoms with E-state index in [2.05, 4.69) is 0 Å². The van der Waals surface area contributed by atoms with E-state index in [4.69, 9.17) is 4.74 Å². The number of amides is 3. The predicted molar refractivity (Wildman–Crippen MR) is 114 cm³/mol. The van der Waals surface area contributed by atoms with E-state index in [0.717, 1.165) is 55.4 Å². The van der Waals surface area contributed by atoms with Crippen molar-refractivity contribution >= 4 is 17.9 Å². The fraction of sp³-hybridized carbons (Fsp3) is 0.609. The summed E-state index contributed by atoms with van der Waals surface area (Å²) in [5.41, 5.74) is 0.873. The molecule has 1 N–H and O–H groups in total. The van der Waals surface area contributed by atoms with Gasteiger partial charge in [0.2, 0.25) is 5.91 Å². The molecule has 0 saturated heterocycles. The van der Waals surface area contributed by atoms with Crippen LogP contribution in [-0.2, 0) is 20.9 Å². The van der Waals surface area contributed by atoms with Crippen LogP contribution in [0.4, 0.5) is 4.79 Å². The molecular weight excluding hydrogens is 384 g/mol. The maximum absolute atomic E-state index is 12.9. The number of carbonyl (C=O) groups is 3. The predicted octanol–water partition coefficient (Wildman–Crippen LogP) is 3.50. The monoisotopic (exact) mass is 418 g/mol. The minimum atomic E-state index is -0.722. The summed E-state index contributed by atoms with van der Waals surface area (Å²) in [6.07, 6.45) is 6.72. The lowest BCUT2D eigenvalue weighted by molar-refractivity contribution is -0.147. The SMILES string of the molecule is CCCCCN(C(=O)CO)C(=O)CN(C(=O)OCc1ccccc1)C1CCCCC1. The Balaban J connectivity index is 2.07. The van der Waals surface area contributed by atoms with Gasteiger partial charge in [-0.25, -0.2) is 4.79 Å². The van der Waals surface area contributed by atoms with Gasteiger partial charge in [-0.3, -0.25) is 19.4 Å². The van der Waals surface area contributed by atoms with Gasteiger partial charge in [0.25, 0.3) is 5.91 Å². The molecule has 1 aliphatic rings. The highest BCUT2D eigenvalue weighted by molar-refractivity contribution is 5.97. The summed E-state index contributed by atoms with van der Waals surface area (Å²) in [6.45, 7) is 1.49. The molecule has 7 heteroatoms. The number of nitrogens with zero attached hydrogens (tertiary/aromatic N) is 2. The highest BCUT2D eigenvalue weighted by atomic mass is 16.6. The molecule has 166 valence electrons. The quantitative estimate of drug-likeness (QED) is 0.588. The fourth-order valence-corrected chi connectivity index (χ4v) is 3.76. The van der Waals surface area contributed by atoms with Crippen LogP contribution in [0.2, 0.25) is 0 Å². The van der Waals surface area contributed by atoms with Crippen molar-refractivity contribution in [3.05, 3.63) is 35.9 Å². The Morgan fingerprint density at radius 3 is 2.37 bits per heavy atom. The number of ether oxygens (including phenoxy) is 1. The van der Waals surface area contributed by atoms with Crippen molar-refractivity contribution in [3.63, 3.8) is 0 Å². The third-order valence-corrected chi connectivity index (χ3v) is 5.48. The van der Waals surface area contributed by atoms with Crippen molar-refractivity contribution in [2.45, 2.75) is 70.9 Å². The molecule has 1 aromatic rings. The van der Waals surface area contributed by atoms with Gasteiger partial charge >= 0.3 is 6.09 Å². The number of aliphatic hydroxyl groups excluding tert-OH is 1. The Labute approximate surface area is 179 Å². The first kappa shape index (κ1) is 23.9. The molecule has 0 aromatic heterocycles. The third-order valence-electron chi connectivity index (χ3n) is 5.48. The number of benzene rings is 1. The summed E-state index contributed by atoms with van der Waals surface area (Å²) in [7, 11) is 0. The zero-order chi connectivity index (χ0) is 21.8. The van der Waals surface area contributed by atoms with Crippen LogP contribution in [0.3, 0.4) is 0 Å². The van der Waals surface area contributed by atoms with Crippen LogP contribution >= 0.6 is 0 Å². The second-order valence-corrected chi connectivity index (χ2v) is 7.76. The molecule has 0 heterocycles. The minimum Gasteiger partial charge on any atom is -0.445 e. The average molecular weight is 419 g/mol. The van der Waals surface area contributed by atoms with Gasteiger partial charge in [-0.05, 0) is 24.8 Å². The van der Waals surface area contributed by atoms with Gasteiger partial charge in [0.1, 0.15) is 19.8 Å². The summed E-state index contributed by atoms with van der Waals surface area (Å²) < 4.78 is 5.49. The zero-order valence-corrected chi connectivity index (χ0v) is 17.9. The minimum absolute atomic E-state index is 0.0762. The van der Waals surface area contributed by atoms with Crippen molar-refractivity contribution in [1.82, 2.24) is 9.80 Å². The first-order valence-electron chi connectivity index (χ1n) is 11.0. The van der Waals surface area contributed by atoms with Crippen LogP contribution in [0.15, 0.2) is 30.3 Å². The summed E-state index contributed by atoms with van der Waals surface area (Å²) in [4.78, 5) is 40.4. The first-order valence-corrected chi connectivity index (χ1v) is 11.0. The lowest BCUT2D eigenvalue weighted by Gasteiger charge is -2.34. The van der Waals surface area contributed by atoms with Gasteiger partial charge in [-0.2, -0.15) is 0 Å². The number of hydrogen-bond donors (Lipinski definition) is 1. The molecule has 30 heavy (non-hydrogen) atoms. The molecule has 1 fully saturated rings. The molecular formula is C23H34N2O5. The van der Waals surface area contributed by atoms with E-state index < -0.39 is 24.5 Å². The lowest BCUT2D eigenvalue weighted by Crippen LogP contribution is -2.50. The van der Waals surface area contributed by atoms with Crippen molar-refractivity contribution in [2.75, 3.05) is 19.7 Å². The van der Waals surface area contributed by atoms with E-state index in [1.54, 1.807) is 0 Å². The maximum Gasteiger partial charge on any atom is 0.410 e. The Kier molecular flexibility index (Phi) is 10.3. The molecule has 0 bridgehead atoms. The van der Waals surface area contributed by atoms with Crippen molar-refractivity contribution in [2.24, 2.45) is 0 Å². The number of hydrogen-bond acceptors (Lipinski definition) is 5. The lowest BCUT2D eigenvalue weighted by atomic mass is 9.94. The third kappa shape index (κ3) is 7.44. The summed E-state index contributed by atoms with van der Waals surface area (Å²) >= 11 is 0. The van der Waals surface area contributed by atoms with Gasteiger partial charge in [-0.1, -0.05) is 69.4 Å². The van der Waals surface area contributed by atoms with Crippen LogP contribution in [0.1, 0.15) is 63.9 Å². The van der Waals surface area contributed by atoms with Crippen LogP contribution < -0.4 is 0 Å². The zero-order valence-electron chi connectivity index (χ0n) is 17.9. The largest absolute Gasteiger partial charge is 0.445 e. The molecule has 3 amide bonds. The summed E-state index contributed by atoms with van der Waals surface area (Å²) in [5.74, 6) is -1.09. The van der Waals surface area contributed by atoms with Crippen LogP contribution in [0, 0.1) is 0 Å². The smallest absolute Gasteiger partial charge is 0.410 e. The van der Waals surface area contributed by atoms with Gasteiger partial charge < -0.3 is 9.84 Å². The van der Waals surface area contributed by atoms with Crippen molar-refractivity contribution in [1.29, 1.82) is 0 Å². The van der Waals surface area contributed by atoms with Crippen molar-refractivity contribution < 1.29 is 24.2 Å². The Hall–Kier alpha value is -2.41. The molecule has 0 aliphatic heterocycles. The van der Waals surface area contributed by atoms with Crippen LogP contribution in [0.25, 0.3) is 0 Å². The Morgan fingerprint density at radius 2 is 1.73 bits per heavy atom. The van der Waals surface area contributed by atoms with E-state index in [1.807, 2.05) is 37.3 Å². The molecule has 0 unspecified atom stereocenters. The molecule has 7 nitrogen and oxygen atoms in total. The number of imide groups is 1. The molecule has 1 aromatic carbocycles. The van der Waals surface area contributed by atoms with Gasteiger partial charge in [0.15, 0.2) is 0 Å². The molecule has 1 saturated carbocycles. The van der Waals surface area contributed by atoms with Gasteiger partial charge in [0, 0.05) is 12.6 Å². The number of rotatable bonds is 10. The van der Waals surface area contributed by atoms with E-state index in [1.165, 1.54) is 4.90 Å². The standard InChI is InChI=1S/C23H34N2O5/c1-2-3-10-15-24(22(28)17-26)21(27)16-25(20-13-8-5-9-14-20)23(29)30-18-19-11-6-4-7-12-19/h4,6-7,11-12,20,26H,2-3,5,8-10,13-18H2,1H3. The first-order chi connectivity index (χ1) is 14.6. The number of unbranched alkanes of at least 4 members (excludes halogenated alkanes) is 2. The second-order valence-electron chi connectivity index (χ2n) is 7.76. The Bertz CT molecular complexity index is 673. The van der Waals surface area contributed by atoms with Crippen molar-refractivity contribution in [3.8, 4) is 0 Å². The average Bonchev–Trinajstić information content (AvgIpc) is 2.79. The maximum atomic E-state index is 12.9. The number of aliphatic hydroxyl groups is 1. The molecule has 0 spiro atoms. The van der Waals surface area contributed by atoms with E-state index >= 15 is 0 Å². The normalized spacial score (nSPS) is 14.2. The highest BCUT2D eigenvalue weighted by Crippen LogP contribution is 2.23. The van der Waals surface area contributed by atoms with Crippen LogP contribution in [-0.4, -0.2) is 58.6 Å². The Morgan fingerprint density at radius 1 is 1.03 bits per heavy atom. The summed E-state index contributed by atoms with van der Waals surface area (Å²) in [5, 5.41) is 9.26. The molecule has 0 atom stereocenters. The number of carbonyl (C=O) groups excluding carboxylic acids is 3. The summed E-state index contributed by atoms with van der Waals surface area (Å²) in [6, 6.07) is 9.31. The molecule has 1 aliphatic carbocycles. The van der Waals surface area contributed by atoms with E-state index in [9.17, 15) is 19.5 Å². The van der Waals surface area contributed by atoms with Gasteiger partial charge in [0.05, 0.1) is 0 Å². The van der Waals surface area contributed by atoms with E-state index in [-0.39, 0.29) is 25.7 Å².